The minimum Gasteiger partial charge on any atom is -0.492 e. The minimum absolute atomic E-state index is 0.0694. The Kier molecular flexibility index (Phi) is 7.49. The third-order valence-corrected chi connectivity index (χ3v) is 4.47. The molecule has 0 amide bonds. The topological polar surface area (TPSA) is 84.7 Å². The Hall–Kier alpha value is -1.31. The average Bonchev–Trinajstić information content (AvgIpc) is 2.43. The molecule has 0 spiro atoms. The number of sulfonamides is 1. The molecule has 3 N–H and O–H groups in total. The summed E-state index contributed by atoms with van der Waals surface area (Å²) in [6, 6.07) is 6.93. The highest BCUT2D eigenvalue weighted by Crippen LogP contribution is 2.14. The lowest BCUT2D eigenvalue weighted by atomic mass is 10.3. The van der Waals surface area contributed by atoms with E-state index in [0.717, 1.165) is 13.1 Å². The van der Waals surface area contributed by atoms with Crippen molar-refractivity contribution in [3.05, 3.63) is 24.3 Å². The van der Waals surface area contributed by atoms with Crippen molar-refractivity contribution in [2.45, 2.75) is 13.8 Å². The van der Waals surface area contributed by atoms with Gasteiger partial charge in [-0.05, 0) is 25.2 Å². The largest absolute Gasteiger partial charge is 0.492 e. The summed E-state index contributed by atoms with van der Waals surface area (Å²) in [7, 11) is -3.31. The molecule has 1 rings (SSSR count). The Morgan fingerprint density at radius 3 is 2.62 bits per heavy atom. The zero-order valence-corrected chi connectivity index (χ0v) is 13.5. The van der Waals surface area contributed by atoms with Crippen molar-refractivity contribution in [3.63, 3.8) is 0 Å². The number of hydrogen-bond donors (Lipinski definition) is 2. The van der Waals surface area contributed by atoms with E-state index >= 15 is 0 Å². The molecule has 0 unspecified atom stereocenters. The molecule has 0 aliphatic carbocycles. The molecule has 0 saturated heterocycles. The van der Waals surface area contributed by atoms with Crippen molar-refractivity contribution in [3.8, 4) is 5.75 Å². The van der Waals surface area contributed by atoms with Gasteiger partial charge < -0.3 is 15.4 Å². The summed E-state index contributed by atoms with van der Waals surface area (Å²) in [5.41, 5.74) is 6.21. The Labute approximate surface area is 127 Å². The maximum Gasteiger partial charge on any atom is 0.214 e. The molecule has 1 aromatic carbocycles. The molecule has 1 aromatic rings. The van der Waals surface area contributed by atoms with E-state index in [1.807, 2.05) is 0 Å². The van der Waals surface area contributed by atoms with Crippen LogP contribution < -0.4 is 15.2 Å². The first kappa shape index (κ1) is 17.7. The lowest BCUT2D eigenvalue weighted by Crippen LogP contribution is -2.36. The van der Waals surface area contributed by atoms with E-state index in [-0.39, 0.29) is 12.4 Å². The van der Waals surface area contributed by atoms with Crippen molar-refractivity contribution in [2.24, 2.45) is 0 Å². The van der Waals surface area contributed by atoms with Crippen LogP contribution in [0.2, 0.25) is 0 Å². The van der Waals surface area contributed by atoms with Gasteiger partial charge in [0.15, 0.2) is 0 Å². The molecule has 0 fully saturated rings. The molecule has 7 heteroatoms. The van der Waals surface area contributed by atoms with E-state index in [1.54, 1.807) is 24.3 Å². The van der Waals surface area contributed by atoms with Gasteiger partial charge in [-0.3, -0.25) is 0 Å². The summed E-state index contributed by atoms with van der Waals surface area (Å²) in [5.74, 6) is 0.508. The lowest BCUT2D eigenvalue weighted by Gasteiger charge is -2.18. The summed E-state index contributed by atoms with van der Waals surface area (Å²) in [4.78, 5) is 2.16. The van der Waals surface area contributed by atoms with Crippen LogP contribution in [0, 0.1) is 0 Å². The molecule has 0 bridgehead atoms. The lowest BCUT2D eigenvalue weighted by molar-refractivity contribution is 0.308. The fourth-order valence-corrected chi connectivity index (χ4v) is 2.69. The monoisotopic (exact) mass is 315 g/mol. The van der Waals surface area contributed by atoms with Crippen molar-refractivity contribution in [1.29, 1.82) is 0 Å². The Morgan fingerprint density at radius 1 is 1.29 bits per heavy atom. The Bertz CT molecular complexity index is 516. The first-order valence-corrected chi connectivity index (χ1v) is 8.80. The quantitative estimate of drug-likeness (QED) is 0.627. The highest BCUT2D eigenvalue weighted by atomic mass is 32.2. The van der Waals surface area contributed by atoms with Gasteiger partial charge in [-0.2, -0.15) is 0 Å². The standard InChI is InChI=1S/C14H25N3O3S/c1-3-17(4-2)9-8-16-21(18,19)11-10-20-14-7-5-6-13(15)12-14/h5-7,12,16H,3-4,8-11,15H2,1-2H3. The molecule has 21 heavy (non-hydrogen) atoms. The van der Waals surface area contributed by atoms with Gasteiger partial charge in [0.05, 0.1) is 5.75 Å². The number of anilines is 1. The van der Waals surface area contributed by atoms with Gasteiger partial charge in [-0.15, -0.1) is 0 Å². The van der Waals surface area contributed by atoms with Gasteiger partial charge in [-0.1, -0.05) is 19.9 Å². The number of nitrogens with one attached hydrogen (secondary N) is 1. The first-order chi connectivity index (χ1) is 9.96. The number of nitrogen functional groups attached to an aromatic ring is 1. The summed E-state index contributed by atoms with van der Waals surface area (Å²) in [6.07, 6.45) is 0. The van der Waals surface area contributed by atoms with Crippen LogP contribution in [0.25, 0.3) is 0 Å². The van der Waals surface area contributed by atoms with Crippen LogP contribution in [0.3, 0.4) is 0 Å². The van der Waals surface area contributed by atoms with Crippen LogP contribution in [0.1, 0.15) is 13.8 Å². The second-order valence-corrected chi connectivity index (χ2v) is 6.59. The maximum atomic E-state index is 11.8. The van der Waals surface area contributed by atoms with Crippen LogP contribution in [-0.2, 0) is 10.0 Å². The second kappa shape index (κ2) is 8.86. The third-order valence-electron chi connectivity index (χ3n) is 3.12. The number of benzene rings is 1. The smallest absolute Gasteiger partial charge is 0.214 e. The zero-order valence-electron chi connectivity index (χ0n) is 12.7. The van der Waals surface area contributed by atoms with Crippen molar-refractivity contribution in [1.82, 2.24) is 9.62 Å². The van der Waals surface area contributed by atoms with Gasteiger partial charge in [0.25, 0.3) is 0 Å². The van der Waals surface area contributed by atoms with E-state index in [9.17, 15) is 8.42 Å². The highest BCUT2D eigenvalue weighted by Gasteiger charge is 2.10. The number of ether oxygens (including phenoxy) is 1. The number of nitrogens with two attached hydrogens (primary N) is 1. The molecule has 120 valence electrons. The van der Waals surface area contributed by atoms with Crippen LogP contribution in [0.4, 0.5) is 5.69 Å². The van der Waals surface area contributed by atoms with Crippen molar-refractivity contribution in [2.75, 3.05) is 44.3 Å². The summed E-state index contributed by atoms with van der Waals surface area (Å²) in [5, 5.41) is 0. The van der Waals surface area contributed by atoms with E-state index in [0.29, 0.717) is 24.5 Å². The Balaban J connectivity index is 2.29. The van der Waals surface area contributed by atoms with Gasteiger partial charge in [0, 0.05) is 24.8 Å². The van der Waals surface area contributed by atoms with Crippen LogP contribution in [0.15, 0.2) is 24.3 Å². The van der Waals surface area contributed by atoms with E-state index < -0.39 is 10.0 Å². The van der Waals surface area contributed by atoms with Gasteiger partial charge in [0.2, 0.25) is 10.0 Å². The molecule has 0 radical (unpaired) electrons. The molecule has 0 aromatic heterocycles. The predicted molar refractivity (Wildman–Crippen MR) is 85.9 cm³/mol. The molecular formula is C14H25N3O3S. The van der Waals surface area contributed by atoms with Crippen LogP contribution >= 0.6 is 0 Å². The zero-order chi connectivity index (χ0) is 15.7. The molecule has 0 aliphatic rings. The number of hydrogen-bond acceptors (Lipinski definition) is 5. The van der Waals surface area contributed by atoms with Crippen LogP contribution in [-0.4, -0.2) is 51.9 Å². The number of rotatable bonds is 10. The maximum absolute atomic E-state index is 11.8. The molecule has 0 heterocycles. The van der Waals surface area contributed by atoms with E-state index in [2.05, 4.69) is 23.5 Å². The molecule has 0 atom stereocenters. The second-order valence-electron chi connectivity index (χ2n) is 4.66. The van der Waals surface area contributed by atoms with E-state index in [1.165, 1.54) is 0 Å². The third kappa shape index (κ3) is 7.31. The normalized spacial score (nSPS) is 11.8. The molecule has 6 nitrogen and oxygen atoms in total. The van der Waals surface area contributed by atoms with E-state index in [4.69, 9.17) is 10.5 Å². The van der Waals surface area contributed by atoms with Gasteiger partial charge in [-0.25, -0.2) is 13.1 Å². The summed E-state index contributed by atoms with van der Waals surface area (Å²) < 4.78 is 31.6. The number of likely N-dealkylation sites (N-methyl/N-ethyl adjacent to an activating group) is 1. The molecule has 0 aliphatic heterocycles. The fraction of sp³-hybridized carbons (Fsp3) is 0.571. The first-order valence-electron chi connectivity index (χ1n) is 7.15. The van der Waals surface area contributed by atoms with Gasteiger partial charge >= 0.3 is 0 Å². The fourth-order valence-electron chi connectivity index (χ4n) is 1.84. The highest BCUT2D eigenvalue weighted by molar-refractivity contribution is 7.89. The van der Waals surface area contributed by atoms with Crippen molar-refractivity contribution < 1.29 is 13.2 Å². The average molecular weight is 315 g/mol. The summed E-state index contributed by atoms with van der Waals surface area (Å²) >= 11 is 0. The predicted octanol–water partition coefficient (Wildman–Crippen LogP) is 0.909. The van der Waals surface area contributed by atoms with Crippen LogP contribution in [0.5, 0.6) is 5.75 Å². The van der Waals surface area contributed by atoms with Crippen molar-refractivity contribution >= 4 is 15.7 Å². The SMILES string of the molecule is CCN(CC)CCNS(=O)(=O)CCOc1cccc(N)c1. The summed E-state index contributed by atoms with van der Waals surface area (Å²) in [6.45, 7) is 7.16. The molecule has 0 saturated carbocycles. The Morgan fingerprint density at radius 2 is 2.00 bits per heavy atom. The van der Waals surface area contributed by atoms with Gasteiger partial charge in [0.1, 0.15) is 12.4 Å². The molecular weight excluding hydrogens is 290 g/mol. The minimum atomic E-state index is -3.31. The number of nitrogens with zero attached hydrogens (tertiary/aromatic N) is 1.